The third-order valence-electron chi connectivity index (χ3n) is 7.06. The number of rotatable bonds is 20. The van der Waals surface area contributed by atoms with Gasteiger partial charge in [-0.25, -0.2) is 4.57 Å². The van der Waals surface area contributed by atoms with Crippen molar-refractivity contribution in [3.63, 3.8) is 0 Å². The van der Waals surface area contributed by atoms with E-state index >= 15 is 0 Å². The van der Waals surface area contributed by atoms with Crippen molar-refractivity contribution < 1.29 is 4.57 Å². The van der Waals surface area contributed by atoms with Crippen molar-refractivity contribution in [2.75, 3.05) is 19.0 Å². The maximum Gasteiger partial charge on any atom is 0.169 e. The van der Waals surface area contributed by atoms with Crippen molar-refractivity contribution in [1.82, 2.24) is 0 Å². The second-order valence-electron chi connectivity index (χ2n) is 10.5. The van der Waals surface area contributed by atoms with Gasteiger partial charge in [0.15, 0.2) is 12.4 Å². The predicted octanol–water partition coefficient (Wildman–Crippen LogP) is 9.47. The summed E-state index contributed by atoms with van der Waals surface area (Å²) in [5.41, 5.74) is 3.72. The Morgan fingerprint density at radius 1 is 0.543 bits per heavy atom. The van der Waals surface area contributed by atoms with Crippen LogP contribution in [0.4, 0.5) is 5.69 Å². The molecule has 0 saturated carbocycles. The van der Waals surface area contributed by atoms with E-state index in [-0.39, 0.29) is 0 Å². The Labute approximate surface area is 217 Å². The minimum absolute atomic E-state index is 1.13. The summed E-state index contributed by atoms with van der Waals surface area (Å²) in [6.07, 6.45) is 31.6. The Balaban J connectivity index is 1.44. The molecule has 0 fully saturated rings. The van der Waals surface area contributed by atoms with Gasteiger partial charge >= 0.3 is 0 Å². The largest absolute Gasteiger partial charge is 0.378 e. The smallest absolute Gasteiger partial charge is 0.169 e. The van der Waals surface area contributed by atoms with Gasteiger partial charge < -0.3 is 4.90 Å². The molecule has 1 aromatic carbocycles. The third-order valence-corrected chi connectivity index (χ3v) is 7.06. The lowest BCUT2D eigenvalue weighted by molar-refractivity contribution is -0.697. The molecule has 0 amide bonds. The van der Waals surface area contributed by atoms with Crippen molar-refractivity contribution in [2.45, 2.75) is 116 Å². The van der Waals surface area contributed by atoms with Crippen LogP contribution >= 0.6 is 0 Å². The van der Waals surface area contributed by atoms with Crippen LogP contribution in [0.2, 0.25) is 0 Å². The maximum atomic E-state index is 2.33. The molecular weight excluding hydrogens is 424 g/mol. The summed E-state index contributed by atoms with van der Waals surface area (Å²) in [5.74, 6) is 0. The molecule has 35 heavy (non-hydrogen) atoms. The zero-order valence-electron chi connectivity index (χ0n) is 23.2. The molecule has 2 aromatic rings. The van der Waals surface area contributed by atoms with E-state index in [1.165, 1.54) is 120 Å². The fourth-order valence-corrected chi connectivity index (χ4v) is 4.65. The zero-order valence-corrected chi connectivity index (χ0v) is 23.2. The van der Waals surface area contributed by atoms with Gasteiger partial charge in [0.2, 0.25) is 0 Å². The zero-order chi connectivity index (χ0) is 25.0. The molecule has 0 aliphatic heterocycles. The Morgan fingerprint density at radius 3 is 1.37 bits per heavy atom. The summed E-state index contributed by atoms with van der Waals surface area (Å²) < 4.78 is 2.33. The van der Waals surface area contributed by atoms with Crippen LogP contribution in [0.15, 0.2) is 48.8 Å². The molecule has 2 nitrogen and oxygen atoms in total. The second kappa shape index (κ2) is 19.1. The number of nitrogens with zero attached hydrogens (tertiary/aromatic N) is 2. The first-order chi connectivity index (χ1) is 17.2. The topological polar surface area (TPSA) is 7.12 Å². The SMILES string of the molecule is CCCCCCCCCCCCCCCCCC[n+]1ccc(/C=C\c2ccc(N(C)C)cc2)cc1. The van der Waals surface area contributed by atoms with Gasteiger partial charge in [0, 0.05) is 38.3 Å². The van der Waals surface area contributed by atoms with Crippen molar-refractivity contribution in [3.8, 4) is 0 Å². The summed E-state index contributed by atoms with van der Waals surface area (Å²) in [7, 11) is 4.15. The number of aromatic nitrogens is 1. The van der Waals surface area contributed by atoms with Gasteiger partial charge in [-0.2, -0.15) is 0 Å². The molecule has 0 radical (unpaired) electrons. The Bertz CT molecular complexity index is 774. The van der Waals surface area contributed by atoms with Crippen molar-refractivity contribution in [2.24, 2.45) is 0 Å². The summed E-state index contributed by atoms with van der Waals surface area (Å²) in [6.45, 7) is 3.43. The highest BCUT2D eigenvalue weighted by atomic mass is 15.1. The molecule has 0 aliphatic rings. The molecule has 194 valence electrons. The molecule has 1 aromatic heterocycles. The number of unbranched alkanes of at least 4 members (excludes halogenated alkanes) is 15. The molecule has 0 saturated heterocycles. The molecule has 0 unspecified atom stereocenters. The van der Waals surface area contributed by atoms with Crippen LogP contribution in [0, 0.1) is 0 Å². The normalized spacial score (nSPS) is 11.4. The summed E-state index contributed by atoms with van der Waals surface area (Å²) in [5, 5.41) is 0. The average Bonchev–Trinajstić information content (AvgIpc) is 2.88. The van der Waals surface area contributed by atoms with Gasteiger partial charge in [-0.15, -0.1) is 0 Å². The molecule has 1 heterocycles. The van der Waals surface area contributed by atoms with Crippen LogP contribution in [-0.4, -0.2) is 14.1 Å². The highest BCUT2D eigenvalue weighted by molar-refractivity contribution is 5.70. The van der Waals surface area contributed by atoms with Crippen LogP contribution in [0.25, 0.3) is 12.2 Å². The van der Waals surface area contributed by atoms with Gasteiger partial charge in [0.05, 0.1) is 0 Å². The monoisotopic (exact) mass is 477 g/mol. The minimum atomic E-state index is 1.13. The van der Waals surface area contributed by atoms with Crippen LogP contribution < -0.4 is 9.47 Å². The minimum Gasteiger partial charge on any atom is -0.378 e. The van der Waals surface area contributed by atoms with E-state index in [2.05, 4.69) is 91.4 Å². The van der Waals surface area contributed by atoms with E-state index in [1.54, 1.807) is 0 Å². The molecule has 0 spiro atoms. The van der Waals surface area contributed by atoms with E-state index in [9.17, 15) is 0 Å². The van der Waals surface area contributed by atoms with Gasteiger partial charge in [0.1, 0.15) is 6.54 Å². The van der Waals surface area contributed by atoms with Gasteiger partial charge in [0.25, 0.3) is 0 Å². The van der Waals surface area contributed by atoms with Crippen molar-refractivity contribution in [3.05, 3.63) is 59.9 Å². The lowest BCUT2D eigenvalue weighted by Gasteiger charge is -2.11. The van der Waals surface area contributed by atoms with Gasteiger partial charge in [-0.3, -0.25) is 0 Å². The first kappa shape index (κ1) is 29.1. The number of anilines is 1. The summed E-state index contributed by atoms with van der Waals surface area (Å²) in [4.78, 5) is 2.13. The summed E-state index contributed by atoms with van der Waals surface area (Å²) in [6, 6.07) is 13.1. The van der Waals surface area contributed by atoms with E-state index in [1.807, 2.05) is 0 Å². The highest BCUT2D eigenvalue weighted by Crippen LogP contribution is 2.15. The Hall–Kier alpha value is -2.09. The fourth-order valence-electron chi connectivity index (χ4n) is 4.65. The van der Waals surface area contributed by atoms with Crippen molar-refractivity contribution >= 4 is 17.8 Å². The Kier molecular flexibility index (Phi) is 15.9. The standard InChI is InChI=1S/C33H53N2/c1-4-5-6-7-8-9-10-11-12-13-14-15-16-17-18-19-28-35-29-26-32(27-30-35)21-20-31-22-24-33(25-23-31)34(2)3/h20-27,29-30H,4-19,28H2,1-3H3/q+1. The van der Waals surface area contributed by atoms with Crippen LogP contribution in [0.3, 0.4) is 0 Å². The van der Waals surface area contributed by atoms with Crippen LogP contribution in [-0.2, 0) is 6.54 Å². The molecule has 0 bridgehead atoms. The molecular formula is C33H53N2+. The molecule has 0 N–H and O–H groups in total. The number of hydrogen-bond donors (Lipinski definition) is 0. The number of hydrogen-bond acceptors (Lipinski definition) is 1. The lowest BCUT2D eigenvalue weighted by atomic mass is 10.0. The first-order valence-electron chi connectivity index (χ1n) is 14.6. The van der Waals surface area contributed by atoms with E-state index in [4.69, 9.17) is 0 Å². The quantitative estimate of drug-likeness (QED) is 0.136. The summed E-state index contributed by atoms with van der Waals surface area (Å²) >= 11 is 0. The van der Waals surface area contributed by atoms with Gasteiger partial charge in [-0.05, 0) is 29.7 Å². The van der Waals surface area contributed by atoms with E-state index < -0.39 is 0 Å². The Morgan fingerprint density at radius 2 is 0.943 bits per heavy atom. The number of aryl methyl sites for hydroxylation is 1. The molecule has 0 aliphatic carbocycles. The third kappa shape index (κ3) is 14.2. The van der Waals surface area contributed by atoms with Crippen LogP contribution in [0.1, 0.15) is 121 Å². The number of benzene rings is 1. The van der Waals surface area contributed by atoms with E-state index in [0.29, 0.717) is 0 Å². The predicted molar refractivity (Wildman–Crippen MR) is 156 cm³/mol. The second-order valence-corrected chi connectivity index (χ2v) is 10.5. The number of pyridine rings is 1. The van der Waals surface area contributed by atoms with E-state index in [0.717, 1.165) is 6.54 Å². The van der Waals surface area contributed by atoms with Crippen molar-refractivity contribution in [1.29, 1.82) is 0 Å². The molecule has 2 heteroatoms. The van der Waals surface area contributed by atoms with Crippen LogP contribution in [0.5, 0.6) is 0 Å². The maximum absolute atomic E-state index is 2.33. The van der Waals surface area contributed by atoms with Gasteiger partial charge in [-0.1, -0.05) is 121 Å². The molecule has 2 rings (SSSR count). The lowest BCUT2D eigenvalue weighted by Crippen LogP contribution is -2.32. The average molecular weight is 478 g/mol. The highest BCUT2D eigenvalue weighted by Gasteiger charge is 2.01. The fraction of sp³-hybridized carbons (Fsp3) is 0.606. The first-order valence-corrected chi connectivity index (χ1v) is 14.6. The molecule has 0 atom stereocenters.